The molecule has 2 heterocycles. The molecule has 2 bridgehead atoms. The highest BCUT2D eigenvalue weighted by atomic mass is 16.5. The van der Waals surface area contributed by atoms with Gasteiger partial charge in [-0.1, -0.05) is 6.42 Å². The van der Waals surface area contributed by atoms with E-state index in [4.69, 9.17) is 4.74 Å². The molecule has 0 saturated carbocycles. The minimum Gasteiger partial charge on any atom is -0.497 e. The highest BCUT2D eigenvalue weighted by Gasteiger charge is 2.32. The van der Waals surface area contributed by atoms with E-state index in [0.29, 0.717) is 13.1 Å². The van der Waals surface area contributed by atoms with Gasteiger partial charge in [-0.15, -0.1) is 0 Å². The number of fused-ring (bicyclic) bond motifs is 3. The van der Waals surface area contributed by atoms with Gasteiger partial charge in [-0.3, -0.25) is 14.5 Å². The maximum Gasteiger partial charge on any atom is 0.238 e. The van der Waals surface area contributed by atoms with Gasteiger partial charge in [-0.25, -0.2) is 0 Å². The molecule has 2 fully saturated rings. The lowest BCUT2D eigenvalue weighted by Crippen LogP contribution is -2.42. The number of benzene rings is 1. The van der Waals surface area contributed by atoms with Gasteiger partial charge in [-0.05, 0) is 37.1 Å². The summed E-state index contributed by atoms with van der Waals surface area (Å²) in [7, 11) is 1.61. The lowest BCUT2D eigenvalue weighted by Gasteiger charge is -2.26. The molecule has 0 spiro atoms. The summed E-state index contributed by atoms with van der Waals surface area (Å²) in [5.41, 5.74) is 0.750. The van der Waals surface area contributed by atoms with Gasteiger partial charge in [-0.2, -0.15) is 0 Å². The van der Waals surface area contributed by atoms with Crippen LogP contribution in [0.15, 0.2) is 24.3 Å². The van der Waals surface area contributed by atoms with Gasteiger partial charge in [0.1, 0.15) is 5.75 Å². The van der Waals surface area contributed by atoms with E-state index < -0.39 is 0 Å². The van der Waals surface area contributed by atoms with Crippen molar-refractivity contribution in [1.82, 2.24) is 10.2 Å². The molecule has 2 aliphatic rings. The number of anilines is 1. The van der Waals surface area contributed by atoms with Gasteiger partial charge in [0, 0.05) is 24.8 Å². The molecule has 1 aromatic rings. The topological polar surface area (TPSA) is 70.7 Å². The average Bonchev–Trinajstić information content (AvgIpc) is 2.76. The van der Waals surface area contributed by atoms with E-state index in [1.807, 2.05) is 24.3 Å². The van der Waals surface area contributed by atoms with Crippen molar-refractivity contribution >= 4 is 17.5 Å². The largest absolute Gasteiger partial charge is 0.497 e. The van der Waals surface area contributed by atoms with Gasteiger partial charge in [0.25, 0.3) is 0 Å². The quantitative estimate of drug-likeness (QED) is 0.876. The predicted octanol–water partition coefficient (Wildman–Crippen LogP) is 1.23. The molecule has 2 saturated heterocycles. The molecule has 0 radical (unpaired) electrons. The standard InChI is InChI=1S/C17H23N3O3/c1-23-15-7-5-13(6-8-15)18-16(21)11-20-9-12-3-2-4-14(10-20)19-17(12)22/h5-8,12,14H,2-4,9-11H2,1H3,(H,18,21)(H,19,22)/t12-,14+/m0/s1. The van der Waals surface area contributed by atoms with E-state index in [0.717, 1.165) is 37.2 Å². The summed E-state index contributed by atoms with van der Waals surface area (Å²) in [6.45, 7) is 1.73. The van der Waals surface area contributed by atoms with Crippen LogP contribution in [0.4, 0.5) is 5.69 Å². The second-order valence-electron chi connectivity index (χ2n) is 6.30. The molecule has 0 unspecified atom stereocenters. The van der Waals surface area contributed by atoms with Gasteiger partial charge >= 0.3 is 0 Å². The maximum atomic E-state index is 12.3. The van der Waals surface area contributed by atoms with E-state index >= 15 is 0 Å². The monoisotopic (exact) mass is 317 g/mol. The highest BCUT2D eigenvalue weighted by Crippen LogP contribution is 2.22. The van der Waals surface area contributed by atoms with Crippen LogP contribution in [-0.2, 0) is 9.59 Å². The molecule has 1 aromatic carbocycles. The number of methoxy groups -OCH3 is 1. The number of carbonyl (C=O) groups excluding carboxylic acids is 2. The van der Waals surface area contributed by atoms with Gasteiger partial charge in [0.2, 0.25) is 11.8 Å². The zero-order chi connectivity index (χ0) is 16.2. The summed E-state index contributed by atoms with van der Waals surface area (Å²) >= 11 is 0. The number of carbonyl (C=O) groups is 2. The molecule has 0 aliphatic carbocycles. The van der Waals surface area contributed by atoms with Crippen LogP contribution in [-0.4, -0.2) is 49.5 Å². The van der Waals surface area contributed by atoms with Gasteiger partial charge < -0.3 is 15.4 Å². The summed E-state index contributed by atoms with van der Waals surface area (Å²) < 4.78 is 5.10. The summed E-state index contributed by atoms with van der Waals surface area (Å²) in [6.07, 6.45) is 3.00. The van der Waals surface area contributed by atoms with Crippen LogP contribution in [0.25, 0.3) is 0 Å². The van der Waals surface area contributed by atoms with Crippen LogP contribution >= 0.6 is 0 Å². The van der Waals surface area contributed by atoms with Crippen molar-refractivity contribution in [2.45, 2.75) is 25.3 Å². The maximum absolute atomic E-state index is 12.3. The first-order valence-electron chi connectivity index (χ1n) is 8.10. The summed E-state index contributed by atoms with van der Waals surface area (Å²) in [5.74, 6) is 0.859. The summed E-state index contributed by atoms with van der Waals surface area (Å²) in [5, 5.41) is 5.98. The molecule has 23 heavy (non-hydrogen) atoms. The van der Waals surface area contributed by atoms with Gasteiger partial charge in [0.05, 0.1) is 19.6 Å². The van der Waals surface area contributed by atoms with Crippen LogP contribution in [0.1, 0.15) is 19.3 Å². The molecule has 2 amide bonds. The van der Waals surface area contributed by atoms with Crippen LogP contribution in [0.2, 0.25) is 0 Å². The van der Waals surface area contributed by atoms with E-state index in [-0.39, 0.29) is 23.8 Å². The Labute approximate surface area is 136 Å². The minimum atomic E-state index is -0.0532. The normalized spacial score (nSPS) is 24.5. The number of hydrogen-bond donors (Lipinski definition) is 2. The third kappa shape index (κ3) is 4.01. The van der Waals surface area contributed by atoms with Crippen LogP contribution in [0, 0.1) is 5.92 Å². The third-order valence-corrected chi connectivity index (χ3v) is 4.52. The number of likely N-dealkylation sites (tertiary alicyclic amines) is 1. The number of ether oxygens (including phenoxy) is 1. The fraction of sp³-hybridized carbons (Fsp3) is 0.529. The van der Waals surface area contributed by atoms with E-state index in [2.05, 4.69) is 15.5 Å². The first-order chi connectivity index (χ1) is 11.1. The molecule has 2 atom stereocenters. The van der Waals surface area contributed by atoms with Crippen molar-refractivity contribution in [2.24, 2.45) is 5.92 Å². The van der Waals surface area contributed by atoms with Gasteiger partial charge in [0.15, 0.2) is 0 Å². The zero-order valence-corrected chi connectivity index (χ0v) is 13.4. The molecule has 6 heteroatoms. The minimum absolute atomic E-state index is 0.0105. The van der Waals surface area contributed by atoms with Crippen molar-refractivity contribution < 1.29 is 14.3 Å². The number of nitrogens with one attached hydrogen (secondary N) is 2. The lowest BCUT2D eigenvalue weighted by molar-refractivity contribution is -0.125. The molecular formula is C17H23N3O3. The molecule has 124 valence electrons. The summed E-state index contributed by atoms with van der Waals surface area (Å²) in [6, 6.07) is 7.44. The number of rotatable bonds is 4. The number of amides is 2. The second kappa shape index (κ2) is 7.00. The lowest BCUT2D eigenvalue weighted by atomic mass is 9.99. The van der Waals surface area contributed by atoms with Crippen molar-refractivity contribution in [1.29, 1.82) is 0 Å². The SMILES string of the molecule is COc1ccc(NC(=O)CN2C[C@H]3CCC[C@@H](C2)C(=O)N3)cc1. The molecule has 3 rings (SSSR count). The highest BCUT2D eigenvalue weighted by molar-refractivity contribution is 5.92. The van der Waals surface area contributed by atoms with E-state index in [9.17, 15) is 9.59 Å². The Balaban J connectivity index is 1.57. The van der Waals surface area contributed by atoms with Crippen LogP contribution < -0.4 is 15.4 Å². The van der Waals surface area contributed by atoms with Crippen molar-refractivity contribution in [3.05, 3.63) is 24.3 Å². The van der Waals surface area contributed by atoms with Crippen molar-refractivity contribution in [3.63, 3.8) is 0 Å². The Kier molecular flexibility index (Phi) is 4.81. The molecule has 0 aromatic heterocycles. The fourth-order valence-corrected chi connectivity index (χ4v) is 3.35. The summed E-state index contributed by atoms with van der Waals surface area (Å²) in [4.78, 5) is 26.4. The second-order valence-corrected chi connectivity index (χ2v) is 6.30. The van der Waals surface area contributed by atoms with Crippen molar-refractivity contribution in [3.8, 4) is 5.75 Å². The molecule has 6 nitrogen and oxygen atoms in total. The zero-order valence-electron chi connectivity index (χ0n) is 13.4. The number of hydrogen-bond acceptors (Lipinski definition) is 4. The Bertz CT molecular complexity index is 573. The Morgan fingerprint density at radius 3 is 2.83 bits per heavy atom. The van der Waals surface area contributed by atoms with Crippen LogP contribution in [0.5, 0.6) is 5.75 Å². The average molecular weight is 317 g/mol. The first-order valence-corrected chi connectivity index (χ1v) is 8.10. The first kappa shape index (κ1) is 15.8. The van der Waals surface area contributed by atoms with Crippen molar-refractivity contribution in [2.75, 3.05) is 32.1 Å². The molecule has 2 aliphatic heterocycles. The Morgan fingerprint density at radius 2 is 2.09 bits per heavy atom. The fourth-order valence-electron chi connectivity index (χ4n) is 3.35. The molecule has 2 N–H and O–H groups in total. The molecular weight excluding hydrogens is 294 g/mol. The number of nitrogens with zero attached hydrogens (tertiary/aromatic N) is 1. The van der Waals surface area contributed by atoms with Crippen LogP contribution in [0.3, 0.4) is 0 Å². The van der Waals surface area contributed by atoms with E-state index in [1.165, 1.54) is 0 Å². The Hall–Kier alpha value is -2.08. The smallest absolute Gasteiger partial charge is 0.238 e. The van der Waals surface area contributed by atoms with E-state index in [1.54, 1.807) is 7.11 Å². The predicted molar refractivity (Wildman–Crippen MR) is 87.3 cm³/mol. The third-order valence-electron chi connectivity index (χ3n) is 4.52. The Morgan fingerprint density at radius 1 is 1.30 bits per heavy atom.